The highest BCUT2D eigenvalue weighted by atomic mass is 35.5. The molecule has 128 valence electrons. The minimum Gasteiger partial charge on any atom is -0.495 e. The monoisotopic (exact) mass is 360 g/mol. The summed E-state index contributed by atoms with van der Waals surface area (Å²) < 4.78 is 6.87. The topological polar surface area (TPSA) is 82.2 Å². The molecule has 1 aromatic heterocycles. The lowest BCUT2D eigenvalue weighted by Gasteiger charge is -2.09. The molecule has 2 rings (SSSR count). The minimum absolute atomic E-state index is 0. The van der Waals surface area contributed by atoms with E-state index in [0.29, 0.717) is 17.1 Å². The smallest absolute Gasteiger partial charge is 0.228 e. The van der Waals surface area contributed by atoms with Gasteiger partial charge in [-0.3, -0.25) is 9.48 Å². The van der Waals surface area contributed by atoms with Gasteiger partial charge < -0.3 is 15.8 Å². The molecule has 0 aliphatic heterocycles. The Labute approximate surface area is 148 Å². The summed E-state index contributed by atoms with van der Waals surface area (Å²) in [4.78, 5) is 12.1. The Morgan fingerprint density at radius 1 is 1.35 bits per heavy atom. The maximum absolute atomic E-state index is 12.1. The molecular weight excluding hydrogens is 339 g/mol. The van der Waals surface area contributed by atoms with E-state index in [1.807, 2.05) is 20.9 Å². The van der Waals surface area contributed by atoms with Crippen LogP contribution in [0.1, 0.15) is 17.0 Å². The average Bonchev–Trinajstić information content (AvgIpc) is 2.65. The Bertz CT molecular complexity index is 686. The molecule has 0 atom stereocenters. The van der Waals surface area contributed by atoms with E-state index >= 15 is 0 Å². The highest BCUT2D eigenvalue weighted by Crippen LogP contribution is 2.24. The standard InChI is InChI=1S/C15H20N4O2.2ClH/c1-9-12(10(2)19(3)18-9)8-15(20)17-11-5-6-14(21-4)13(16)7-11;;/h5-7H,8,16H2,1-4H3,(H,17,20);2*1H. The molecule has 8 heteroatoms. The number of methoxy groups -OCH3 is 1. The second kappa shape index (κ2) is 8.64. The van der Waals surface area contributed by atoms with Crippen LogP contribution in [0.5, 0.6) is 5.75 Å². The second-order valence-corrected chi connectivity index (χ2v) is 4.95. The van der Waals surface area contributed by atoms with Crippen molar-refractivity contribution in [2.24, 2.45) is 7.05 Å². The molecule has 1 amide bonds. The van der Waals surface area contributed by atoms with Crippen molar-refractivity contribution in [2.45, 2.75) is 20.3 Å². The van der Waals surface area contributed by atoms with Gasteiger partial charge in [0.1, 0.15) is 5.75 Å². The van der Waals surface area contributed by atoms with E-state index in [9.17, 15) is 4.79 Å². The van der Waals surface area contributed by atoms with Gasteiger partial charge in [0.05, 0.1) is 24.9 Å². The summed E-state index contributed by atoms with van der Waals surface area (Å²) >= 11 is 0. The van der Waals surface area contributed by atoms with Crippen molar-refractivity contribution in [1.82, 2.24) is 9.78 Å². The summed E-state index contributed by atoms with van der Waals surface area (Å²) in [7, 11) is 3.42. The van der Waals surface area contributed by atoms with E-state index in [-0.39, 0.29) is 37.1 Å². The van der Waals surface area contributed by atoms with E-state index in [2.05, 4.69) is 10.4 Å². The second-order valence-electron chi connectivity index (χ2n) is 4.95. The van der Waals surface area contributed by atoms with E-state index in [1.54, 1.807) is 30.0 Å². The number of hydrogen-bond donors (Lipinski definition) is 2. The van der Waals surface area contributed by atoms with Gasteiger partial charge in [-0.05, 0) is 32.0 Å². The van der Waals surface area contributed by atoms with E-state index in [0.717, 1.165) is 17.0 Å². The molecule has 0 aliphatic carbocycles. The molecule has 0 fully saturated rings. The molecule has 3 N–H and O–H groups in total. The van der Waals surface area contributed by atoms with Crippen molar-refractivity contribution in [3.8, 4) is 5.75 Å². The summed E-state index contributed by atoms with van der Waals surface area (Å²) in [6, 6.07) is 5.17. The highest BCUT2D eigenvalue weighted by Gasteiger charge is 2.14. The van der Waals surface area contributed by atoms with Crippen molar-refractivity contribution >= 4 is 42.1 Å². The Kier molecular flexibility index (Phi) is 7.92. The molecule has 1 aromatic carbocycles. The van der Waals surface area contributed by atoms with E-state index < -0.39 is 0 Å². The van der Waals surface area contributed by atoms with Crippen molar-refractivity contribution in [3.05, 3.63) is 35.2 Å². The largest absolute Gasteiger partial charge is 0.495 e. The van der Waals surface area contributed by atoms with Crippen molar-refractivity contribution in [3.63, 3.8) is 0 Å². The van der Waals surface area contributed by atoms with Gasteiger partial charge in [-0.1, -0.05) is 0 Å². The van der Waals surface area contributed by atoms with Crippen LogP contribution in [0.2, 0.25) is 0 Å². The number of carbonyl (C=O) groups excluding carboxylic acids is 1. The number of aryl methyl sites for hydroxylation is 2. The number of nitrogens with one attached hydrogen (secondary N) is 1. The van der Waals surface area contributed by atoms with Gasteiger partial charge in [-0.25, -0.2) is 0 Å². The van der Waals surface area contributed by atoms with Gasteiger partial charge in [-0.2, -0.15) is 5.10 Å². The van der Waals surface area contributed by atoms with Crippen LogP contribution < -0.4 is 15.8 Å². The summed E-state index contributed by atoms with van der Waals surface area (Å²) in [5.74, 6) is 0.491. The first-order valence-corrected chi connectivity index (χ1v) is 6.64. The molecule has 0 unspecified atom stereocenters. The third-order valence-electron chi connectivity index (χ3n) is 3.51. The van der Waals surface area contributed by atoms with Crippen molar-refractivity contribution < 1.29 is 9.53 Å². The van der Waals surface area contributed by atoms with Crippen LogP contribution in [0, 0.1) is 13.8 Å². The first-order chi connectivity index (χ1) is 9.92. The third kappa shape index (κ3) is 4.77. The number of halogens is 2. The lowest BCUT2D eigenvalue weighted by Crippen LogP contribution is -2.15. The summed E-state index contributed by atoms with van der Waals surface area (Å²) in [5, 5.41) is 7.14. The van der Waals surface area contributed by atoms with Crippen LogP contribution in [0.4, 0.5) is 11.4 Å². The number of nitrogens with two attached hydrogens (primary N) is 1. The van der Waals surface area contributed by atoms with Gasteiger partial charge in [-0.15, -0.1) is 24.8 Å². The molecule has 6 nitrogen and oxygen atoms in total. The van der Waals surface area contributed by atoms with Crippen LogP contribution in [-0.2, 0) is 18.3 Å². The maximum atomic E-state index is 12.1. The molecule has 0 aliphatic rings. The Hall–Kier alpha value is -1.92. The summed E-state index contributed by atoms with van der Waals surface area (Å²) in [6.45, 7) is 3.86. The quantitative estimate of drug-likeness (QED) is 0.821. The summed E-state index contributed by atoms with van der Waals surface area (Å²) in [6.07, 6.45) is 0.289. The molecule has 23 heavy (non-hydrogen) atoms. The molecule has 0 bridgehead atoms. The van der Waals surface area contributed by atoms with Gasteiger partial charge in [0, 0.05) is 24.0 Å². The number of ether oxygens (including phenoxy) is 1. The normalized spacial score (nSPS) is 9.57. The minimum atomic E-state index is -0.0984. The fourth-order valence-corrected chi connectivity index (χ4v) is 2.25. The van der Waals surface area contributed by atoms with E-state index in [1.165, 1.54) is 0 Å². The lowest BCUT2D eigenvalue weighted by molar-refractivity contribution is -0.115. The highest BCUT2D eigenvalue weighted by molar-refractivity contribution is 5.93. The average molecular weight is 361 g/mol. The van der Waals surface area contributed by atoms with Crippen LogP contribution >= 0.6 is 24.8 Å². The Balaban J connectivity index is 0.00000242. The predicted octanol–water partition coefficient (Wildman–Crippen LogP) is 2.65. The van der Waals surface area contributed by atoms with Crippen LogP contribution in [-0.4, -0.2) is 22.8 Å². The first-order valence-electron chi connectivity index (χ1n) is 6.64. The fourth-order valence-electron chi connectivity index (χ4n) is 2.25. The lowest BCUT2D eigenvalue weighted by atomic mass is 10.1. The zero-order valence-electron chi connectivity index (χ0n) is 13.5. The molecule has 0 radical (unpaired) electrons. The molecule has 1 heterocycles. The van der Waals surface area contributed by atoms with Gasteiger partial charge >= 0.3 is 0 Å². The fraction of sp³-hybridized carbons (Fsp3) is 0.333. The number of rotatable bonds is 4. The van der Waals surface area contributed by atoms with Crippen molar-refractivity contribution in [2.75, 3.05) is 18.2 Å². The first kappa shape index (κ1) is 21.1. The number of amides is 1. The van der Waals surface area contributed by atoms with E-state index in [4.69, 9.17) is 10.5 Å². The number of benzene rings is 1. The molecule has 0 spiro atoms. The number of nitrogens with zero attached hydrogens (tertiary/aromatic N) is 2. The van der Waals surface area contributed by atoms with Crippen LogP contribution in [0.15, 0.2) is 18.2 Å². The van der Waals surface area contributed by atoms with Gasteiger partial charge in [0.25, 0.3) is 0 Å². The Morgan fingerprint density at radius 3 is 2.48 bits per heavy atom. The molecule has 2 aromatic rings. The van der Waals surface area contributed by atoms with Crippen LogP contribution in [0.3, 0.4) is 0 Å². The molecule has 0 saturated carbocycles. The molecular formula is C15H22Cl2N4O2. The summed E-state index contributed by atoms with van der Waals surface area (Å²) in [5.41, 5.74) is 9.79. The van der Waals surface area contributed by atoms with Crippen molar-refractivity contribution in [1.29, 1.82) is 0 Å². The number of anilines is 2. The number of aromatic nitrogens is 2. The number of nitrogen functional groups attached to an aromatic ring is 1. The zero-order chi connectivity index (χ0) is 15.6. The number of hydrogen-bond acceptors (Lipinski definition) is 4. The SMILES string of the molecule is COc1ccc(NC(=O)Cc2c(C)nn(C)c2C)cc1N.Cl.Cl. The molecule has 0 saturated heterocycles. The zero-order valence-corrected chi connectivity index (χ0v) is 15.2. The predicted molar refractivity (Wildman–Crippen MR) is 96.9 cm³/mol. The van der Waals surface area contributed by atoms with Gasteiger partial charge in [0.2, 0.25) is 5.91 Å². The Morgan fingerprint density at radius 2 is 2.00 bits per heavy atom. The van der Waals surface area contributed by atoms with Crippen LogP contribution in [0.25, 0.3) is 0 Å². The number of carbonyl (C=O) groups is 1. The maximum Gasteiger partial charge on any atom is 0.228 e. The third-order valence-corrected chi connectivity index (χ3v) is 3.51. The van der Waals surface area contributed by atoms with Gasteiger partial charge in [0.15, 0.2) is 0 Å².